The molecule has 2 heterocycles. The lowest BCUT2D eigenvalue weighted by Gasteiger charge is -2.35. The molecule has 2 aromatic carbocycles. The zero-order valence-electron chi connectivity index (χ0n) is 13.8. The summed E-state index contributed by atoms with van der Waals surface area (Å²) in [5.74, 6) is 0.284. The SMILES string of the molecule is O=S(c1ccccc1)N1CCOc2c(N3CCNCC3)cc(F)cc21. The van der Waals surface area contributed by atoms with Gasteiger partial charge < -0.3 is 15.0 Å². The quantitative estimate of drug-likeness (QED) is 0.910. The Morgan fingerprint density at radius 2 is 1.76 bits per heavy atom. The van der Waals surface area contributed by atoms with Crippen LogP contribution in [-0.2, 0) is 11.0 Å². The van der Waals surface area contributed by atoms with Crippen LogP contribution in [-0.4, -0.2) is 43.5 Å². The average molecular weight is 361 g/mol. The zero-order valence-corrected chi connectivity index (χ0v) is 14.6. The van der Waals surface area contributed by atoms with Crippen molar-refractivity contribution >= 4 is 22.4 Å². The first-order valence-electron chi connectivity index (χ1n) is 8.40. The summed E-state index contributed by atoms with van der Waals surface area (Å²) in [7, 11) is -1.40. The van der Waals surface area contributed by atoms with E-state index in [1.165, 1.54) is 12.1 Å². The van der Waals surface area contributed by atoms with Crippen molar-refractivity contribution in [2.24, 2.45) is 0 Å². The van der Waals surface area contributed by atoms with Crippen molar-refractivity contribution in [1.82, 2.24) is 5.32 Å². The van der Waals surface area contributed by atoms with Crippen LogP contribution < -0.4 is 19.3 Å². The van der Waals surface area contributed by atoms with Crippen molar-refractivity contribution in [2.45, 2.75) is 4.90 Å². The van der Waals surface area contributed by atoms with Gasteiger partial charge in [0, 0.05) is 38.3 Å². The molecule has 0 aromatic heterocycles. The van der Waals surface area contributed by atoms with Gasteiger partial charge in [0.05, 0.1) is 22.8 Å². The zero-order chi connectivity index (χ0) is 17.2. The maximum atomic E-state index is 14.3. The largest absolute Gasteiger partial charge is 0.487 e. The van der Waals surface area contributed by atoms with Gasteiger partial charge in [0.1, 0.15) is 12.4 Å². The van der Waals surface area contributed by atoms with Gasteiger partial charge >= 0.3 is 0 Å². The predicted molar refractivity (Wildman–Crippen MR) is 97.2 cm³/mol. The Morgan fingerprint density at radius 1 is 1.04 bits per heavy atom. The number of hydrogen-bond acceptors (Lipinski definition) is 4. The number of rotatable bonds is 3. The molecular weight excluding hydrogens is 341 g/mol. The maximum Gasteiger partial charge on any atom is 0.167 e. The number of piperazine rings is 1. The van der Waals surface area contributed by atoms with E-state index in [2.05, 4.69) is 10.2 Å². The van der Waals surface area contributed by atoms with E-state index >= 15 is 0 Å². The van der Waals surface area contributed by atoms with Crippen LogP contribution in [0.5, 0.6) is 5.75 Å². The number of benzene rings is 2. The molecule has 132 valence electrons. The van der Waals surface area contributed by atoms with Gasteiger partial charge in [-0.2, -0.15) is 0 Å². The van der Waals surface area contributed by atoms with E-state index in [4.69, 9.17) is 4.74 Å². The second-order valence-corrected chi connectivity index (χ2v) is 7.43. The minimum absolute atomic E-state index is 0.340. The molecular formula is C18H20FN3O2S. The fourth-order valence-electron chi connectivity index (χ4n) is 3.23. The van der Waals surface area contributed by atoms with Crippen molar-refractivity contribution in [1.29, 1.82) is 0 Å². The highest BCUT2D eigenvalue weighted by Gasteiger charge is 2.29. The highest BCUT2D eigenvalue weighted by atomic mass is 32.2. The van der Waals surface area contributed by atoms with Crippen LogP contribution in [0.3, 0.4) is 0 Å². The van der Waals surface area contributed by atoms with Crippen LogP contribution in [0.25, 0.3) is 0 Å². The number of halogens is 1. The lowest BCUT2D eigenvalue weighted by Crippen LogP contribution is -2.44. The van der Waals surface area contributed by atoms with E-state index in [1.54, 1.807) is 4.31 Å². The molecule has 1 saturated heterocycles. The molecule has 0 spiro atoms. The van der Waals surface area contributed by atoms with Gasteiger partial charge in [-0.25, -0.2) is 8.60 Å². The highest BCUT2D eigenvalue weighted by Crippen LogP contribution is 2.42. The monoisotopic (exact) mass is 361 g/mol. The Bertz CT molecular complexity index is 781. The number of fused-ring (bicyclic) bond motifs is 1. The third-order valence-corrected chi connectivity index (χ3v) is 5.88. The summed E-state index contributed by atoms with van der Waals surface area (Å²) in [6.07, 6.45) is 0. The van der Waals surface area contributed by atoms with Gasteiger partial charge in [-0.1, -0.05) is 18.2 Å². The molecule has 2 aromatic rings. The number of nitrogens with zero attached hydrogens (tertiary/aromatic N) is 2. The molecule has 0 amide bonds. The molecule has 0 radical (unpaired) electrons. The number of nitrogens with one attached hydrogen (secondary N) is 1. The first-order chi connectivity index (χ1) is 12.2. The van der Waals surface area contributed by atoms with Crippen LogP contribution in [0.1, 0.15) is 0 Å². The second kappa shape index (κ2) is 7.01. The molecule has 1 fully saturated rings. The topological polar surface area (TPSA) is 44.8 Å². The fraction of sp³-hybridized carbons (Fsp3) is 0.333. The van der Waals surface area contributed by atoms with E-state index in [-0.39, 0.29) is 5.82 Å². The summed E-state index contributed by atoms with van der Waals surface area (Å²) in [5.41, 5.74) is 1.30. The summed E-state index contributed by atoms with van der Waals surface area (Å²) in [6, 6.07) is 12.2. The van der Waals surface area contributed by atoms with Crippen molar-refractivity contribution in [3.8, 4) is 5.75 Å². The summed E-state index contributed by atoms with van der Waals surface area (Å²) in [4.78, 5) is 2.82. The summed E-state index contributed by atoms with van der Waals surface area (Å²) < 4.78 is 34.9. The molecule has 25 heavy (non-hydrogen) atoms. The van der Waals surface area contributed by atoms with Crippen LogP contribution in [0.2, 0.25) is 0 Å². The molecule has 2 aliphatic rings. The molecule has 0 saturated carbocycles. The molecule has 0 bridgehead atoms. The van der Waals surface area contributed by atoms with E-state index < -0.39 is 11.0 Å². The van der Waals surface area contributed by atoms with E-state index in [1.807, 2.05) is 30.3 Å². The lowest BCUT2D eigenvalue weighted by molar-refractivity contribution is 0.316. The molecule has 2 aliphatic heterocycles. The minimum atomic E-state index is -1.40. The Balaban J connectivity index is 1.74. The Morgan fingerprint density at radius 3 is 2.52 bits per heavy atom. The number of hydrogen-bond donors (Lipinski definition) is 1. The molecule has 7 heteroatoms. The summed E-state index contributed by atoms with van der Waals surface area (Å²) in [5, 5.41) is 3.29. The lowest BCUT2D eigenvalue weighted by atomic mass is 10.2. The van der Waals surface area contributed by atoms with Gasteiger partial charge in [0.2, 0.25) is 0 Å². The Labute approximate surface area is 149 Å². The van der Waals surface area contributed by atoms with Crippen molar-refractivity contribution in [3.63, 3.8) is 0 Å². The number of anilines is 2. The Kier molecular flexibility index (Phi) is 4.59. The molecule has 0 aliphatic carbocycles. The van der Waals surface area contributed by atoms with Crippen LogP contribution in [0.4, 0.5) is 15.8 Å². The van der Waals surface area contributed by atoms with Crippen molar-refractivity contribution < 1.29 is 13.3 Å². The maximum absolute atomic E-state index is 14.3. The highest BCUT2D eigenvalue weighted by molar-refractivity contribution is 7.86. The first kappa shape index (κ1) is 16.4. The third-order valence-electron chi connectivity index (χ3n) is 4.43. The fourth-order valence-corrected chi connectivity index (χ4v) is 4.43. The molecule has 1 N–H and O–H groups in total. The normalized spacial score (nSPS) is 18.4. The number of ether oxygens (including phenoxy) is 1. The van der Waals surface area contributed by atoms with E-state index in [0.717, 1.165) is 31.9 Å². The van der Waals surface area contributed by atoms with Gasteiger partial charge in [-0.3, -0.25) is 4.31 Å². The van der Waals surface area contributed by atoms with Gasteiger partial charge in [-0.05, 0) is 12.1 Å². The first-order valence-corrected chi connectivity index (χ1v) is 9.51. The summed E-state index contributed by atoms with van der Waals surface area (Å²) in [6.45, 7) is 4.17. The standard InChI is InChI=1S/C18H20FN3O2S/c19-14-12-16(21-8-6-20-7-9-21)18-17(13-14)22(10-11-24-18)25(23)15-4-2-1-3-5-15/h1-5,12-13,20H,6-11H2. The minimum Gasteiger partial charge on any atom is -0.487 e. The van der Waals surface area contributed by atoms with Crippen LogP contribution in [0, 0.1) is 5.82 Å². The molecule has 4 rings (SSSR count). The Hall–Kier alpha value is -2.12. The molecule has 1 unspecified atom stereocenters. The van der Waals surface area contributed by atoms with Gasteiger partial charge in [-0.15, -0.1) is 0 Å². The third kappa shape index (κ3) is 3.21. The van der Waals surface area contributed by atoms with Gasteiger partial charge in [0.15, 0.2) is 16.7 Å². The average Bonchev–Trinajstić information content (AvgIpc) is 2.68. The van der Waals surface area contributed by atoms with E-state index in [0.29, 0.717) is 29.5 Å². The predicted octanol–water partition coefficient (Wildman–Crippen LogP) is 2.16. The van der Waals surface area contributed by atoms with Crippen LogP contribution in [0.15, 0.2) is 47.4 Å². The molecule has 5 nitrogen and oxygen atoms in total. The van der Waals surface area contributed by atoms with E-state index in [9.17, 15) is 8.60 Å². The second-order valence-electron chi connectivity index (χ2n) is 6.02. The van der Waals surface area contributed by atoms with Gasteiger partial charge in [0.25, 0.3) is 0 Å². The van der Waals surface area contributed by atoms with Crippen molar-refractivity contribution in [3.05, 3.63) is 48.3 Å². The van der Waals surface area contributed by atoms with Crippen LogP contribution >= 0.6 is 0 Å². The van der Waals surface area contributed by atoms with Crippen molar-refractivity contribution in [2.75, 3.05) is 48.5 Å². The molecule has 1 atom stereocenters. The smallest absolute Gasteiger partial charge is 0.167 e. The summed E-state index contributed by atoms with van der Waals surface area (Å²) >= 11 is 0.